The minimum atomic E-state index is 0.895. The van der Waals surface area contributed by atoms with Crippen LogP contribution in [0.5, 0.6) is 0 Å². The largest absolute Gasteiger partial charge is 0.354 e. The molecular weight excluding hydrogens is 248 g/mol. The minimum absolute atomic E-state index is 0.895. The normalized spacial score (nSPS) is 20.4. The van der Waals surface area contributed by atoms with E-state index >= 15 is 0 Å². The van der Waals surface area contributed by atoms with Crippen LogP contribution in [0.1, 0.15) is 31.0 Å². The van der Waals surface area contributed by atoms with Gasteiger partial charge in [0.25, 0.3) is 0 Å². The highest BCUT2D eigenvalue weighted by Crippen LogP contribution is 2.28. The van der Waals surface area contributed by atoms with Crippen LogP contribution in [0.15, 0.2) is 12.1 Å². The molecule has 0 aromatic carbocycles. The van der Waals surface area contributed by atoms with Gasteiger partial charge in [0.2, 0.25) is 0 Å². The Balaban J connectivity index is 1.70. The van der Waals surface area contributed by atoms with Crippen molar-refractivity contribution in [2.75, 3.05) is 38.1 Å². The first kappa shape index (κ1) is 13.8. The smallest absolute Gasteiger partial charge is 0.129 e. The molecule has 1 aromatic heterocycles. The maximum atomic E-state index is 4.82. The molecule has 0 unspecified atom stereocenters. The van der Waals surface area contributed by atoms with Crippen molar-refractivity contribution in [1.29, 1.82) is 0 Å². The Labute approximate surface area is 122 Å². The molecule has 110 valence electrons. The molecular formula is C16H26N4. The van der Waals surface area contributed by atoms with Gasteiger partial charge in [0.15, 0.2) is 0 Å². The Morgan fingerprint density at radius 2 is 1.95 bits per heavy atom. The lowest BCUT2D eigenvalue weighted by atomic mass is 10.1. The highest BCUT2D eigenvalue weighted by atomic mass is 15.3. The number of aryl methyl sites for hydroxylation is 1. The van der Waals surface area contributed by atoms with E-state index in [-0.39, 0.29) is 0 Å². The number of nitrogens with one attached hydrogen (secondary N) is 1. The van der Waals surface area contributed by atoms with Gasteiger partial charge < -0.3 is 10.2 Å². The van der Waals surface area contributed by atoms with Crippen LogP contribution in [0.2, 0.25) is 0 Å². The molecule has 2 aliphatic rings. The summed E-state index contributed by atoms with van der Waals surface area (Å²) in [6.45, 7) is 7.74. The molecule has 1 aliphatic heterocycles. The van der Waals surface area contributed by atoms with Crippen molar-refractivity contribution < 1.29 is 0 Å². The lowest BCUT2D eigenvalue weighted by Gasteiger charge is -2.35. The van der Waals surface area contributed by atoms with Crippen molar-refractivity contribution in [3.05, 3.63) is 23.4 Å². The first-order chi connectivity index (χ1) is 9.80. The van der Waals surface area contributed by atoms with Gasteiger partial charge in [-0.1, -0.05) is 6.92 Å². The summed E-state index contributed by atoms with van der Waals surface area (Å²) in [6, 6.07) is 5.37. The van der Waals surface area contributed by atoms with Crippen LogP contribution >= 0.6 is 0 Å². The van der Waals surface area contributed by atoms with Crippen molar-refractivity contribution in [3.63, 3.8) is 0 Å². The predicted octanol–water partition coefficient (Wildman–Crippen LogP) is 1.65. The summed E-state index contributed by atoms with van der Waals surface area (Å²) in [5, 5.41) is 3.24. The summed E-state index contributed by atoms with van der Waals surface area (Å²) >= 11 is 0. The molecule has 3 rings (SSSR count). The maximum absolute atomic E-state index is 4.82. The highest BCUT2D eigenvalue weighted by molar-refractivity contribution is 5.43. The van der Waals surface area contributed by atoms with E-state index in [1.54, 1.807) is 0 Å². The second-order valence-corrected chi connectivity index (χ2v) is 5.96. The number of hydrogen-bond donors (Lipinski definition) is 1. The number of piperazine rings is 1. The number of aromatic nitrogens is 1. The number of nitrogens with zero attached hydrogens (tertiary/aromatic N) is 3. The quantitative estimate of drug-likeness (QED) is 0.884. The first-order valence-electron chi connectivity index (χ1n) is 7.93. The lowest BCUT2D eigenvalue weighted by molar-refractivity contribution is 0.247. The molecule has 1 saturated heterocycles. The number of pyridine rings is 1. The third-order valence-corrected chi connectivity index (χ3v) is 4.37. The van der Waals surface area contributed by atoms with Crippen molar-refractivity contribution in [3.8, 4) is 0 Å². The highest BCUT2D eigenvalue weighted by Gasteiger charge is 2.31. The second kappa shape index (κ2) is 6.10. The number of anilines is 1. The average Bonchev–Trinajstić information content (AvgIpc) is 3.32. The van der Waals surface area contributed by atoms with Gasteiger partial charge in [-0.3, -0.25) is 4.90 Å². The monoisotopic (exact) mass is 274 g/mol. The van der Waals surface area contributed by atoms with E-state index in [1.165, 1.54) is 43.0 Å². The topological polar surface area (TPSA) is 31.4 Å². The van der Waals surface area contributed by atoms with Gasteiger partial charge in [0, 0.05) is 44.5 Å². The van der Waals surface area contributed by atoms with E-state index < -0.39 is 0 Å². The van der Waals surface area contributed by atoms with E-state index in [9.17, 15) is 0 Å². The molecule has 0 radical (unpaired) electrons. The van der Waals surface area contributed by atoms with E-state index in [2.05, 4.69) is 34.2 Å². The molecule has 1 aliphatic carbocycles. The van der Waals surface area contributed by atoms with Gasteiger partial charge in [0.05, 0.1) is 0 Å². The molecule has 2 heterocycles. The van der Waals surface area contributed by atoms with E-state index in [0.29, 0.717) is 0 Å². The van der Waals surface area contributed by atoms with Gasteiger partial charge in [-0.2, -0.15) is 0 Å². The molecule has 1 N–H and O–H groups in total. The molecule has 4 heteroatoms. The van der Waals surface area contributed by atoms with Gasteiger partial charge in [-0.15, -0.1) is 0 Å². The summed E-state index contributed by atoms with van der Waals surface area (Å²) in [6.07, 6.45) is 3.83. The van der Waals surface area contributed by atoms with E-state index in [1.807, 2.05) is 7.05 Å². The standard InChI is InChI=1S/C16H26N4/c1-3-14-10-13(12-17-2)11-16(18-14)20-8-6-19(7-9-20)15-4-5-15/h10-11,15,17H,3-9,12H2,1-2H3. The summed E-state index contributed by atoms with van der Waals surface area (Å²) in [5.74, 6) is 1.17. The van der Waals surface area contributed by atoms with Crippen molar-refractivity contribution in [2.45, 2.75) is 38.8 Å². The molecule has 20 heavy (non-hydrogen) atoms. The summed E-state index contributed by atoms with van der Waals surface area (Å²) in [4.78, 5) is 9.93. The van der Waals surface area contributed by atoms with Crippen LogP contribution in [0.25, 0.3) is 0 Å². The van der Waals surface area contributed by atoms with Crippen molar-refractivity contribution in [2.24, 2.45) is 0 Å². The fourth-order valence-electron chi connectivity index (χ4n) is 3.04. The first-order valence-corrected chi connectivity index (χ1v) is 7.93. The Kier molecular flexibility index (Phi) is 4.22. The Morgan fingerprint density at radius 1 is 1.20 bits per heavy atom. The van der Waals surface area contributed by atoms with Crippen LogP contribution in [-0.4, -0.2) is 49.2 Å². The fraction of sp³-hybridized carbons (Fsp3) is 0.688. The van der Waals surface area contributed by atoms with Crippen LogP contribution in [0.4, 0.5) is 5.82 Å². The zero-order chi connectivity index (χ0) is 13.9. The van der Waals surface area contributed by atoms with Crippen LogP contribution in [0.3, 0.4) is 0 Å². The Bertz CT molecular complexity index is 448. The minimum Gasteiger partial charge on any atom is -0.354 e. The Morgan fingerprint density at radius 3 is 2.55 bits per heavy atom. The number of hydrogen-bond acceptors (Lipinski definition) is 4. The SMILES string of the molecule is CCc1cc(CNC)cc(N2CCN(C3CC3)CC2)n1. The van der Waals surface area contributed by atoms with Crippen LogP contribution in [0, 0.1) is 0 Å². The summed E-state index contributed by atoms with van der Waals surface area (Å²) in [7, 11) is 2.00. The van der Waals surface area contributed by atoms with Gasteiger partial charge in [0.1, 0.15) is 5.82 Å². The van der Waals surface area contributed by atoms with Crippen molar-refractivity contribution >= 4 is 5.82 Å². The third kappa shape index (κ3) is 3.13. The zero-order valence-electron chi connectivity index (χ0n) is 12.7. The summed E-state index contributed by atoms with van der Waals surface area (Å²) < 4.78 is 0. The van der Waals surface area contributed by atoms with Gasteiger partial charge in [-0.05, 0) is 44.0 Å². The average molecular weight is 274 g/mol. The molecule has 2 fully saturated rings. The zero-order valence-corrected chi connectivity index (χ0v) is 12.7. The molecule has 1 aromatic rings. The van der Waals surface area contributed by atoms with Crippen LogP contribution in [-0.2, 0) is 13.0 Å². The van der Waals surface area contributed by atoms with E-state index in [0.717, 1.165) is 32.1 Å². The third-order valence-electron chi connectivity index (χ3n) is 4.37. The van der Waals surface area contributed by atoms with Crippen LogP contribution < -0.4 is 10.2 Å². The molecule has 0 atom stereocenters. The molecule has 0 spiro atoms. The lowest BCUT2D eigenvalue weighted by Crippen LogP contribution is -2.47. The fourth-order valence-corrected chi connectivity index (χ4v) is 3.04. The molecule has 0 amide bonds. The molecule has 0 bridgehead atoms. The van der Waals surface area contributed by atoms with Gasteiger partial charge >= 0.3 is 0 Å². The summed E-state index contributed by atoms with van der Waals surface area (Å²) in [5.41, 5.74) is 2.55. The second-order valence-electron chi connectivity index (χ2n) is 5.96. The maximum Gasteiger partial charge on any atom is 0.129 e. The Hall–Kier alpha value is -1.13. The van der Waals surface area contributed by atoms with Gasteiger partial charge in [-0.25, -0.2) is 4.98 Å². The molecule has 1 saturated carbocycles. The molecule has 4 nitrogen and oxygen atoms in total. The van der Waals surface area contributed by atoms with Crippen molar-refractivity contribution in [1.82, 2.24) is 15.2 Å². The number of rotatable bonds is 5. The predicted molar refractivity (Wildman–Crippen MR) is 83.2 cm³/mol. The van der Waals surface area contributed by atoms with E-state index in [4.69, 9.17) is 4.98 Å².